The number of hydrogen-bond donors (Lipinski definition) is 1. The molecule has 8 heteroatoms. The fraction of sp³-hybridized carbons (Fsp3) is 0.300. The van der Waals surface area contributed by atoms with E-state index in [2.05, 4.69) is 0 Å². The summed E-state index contributed by atoms with van der Waals surface area (Å²) in [6.07, 6.45) is 1.57. The first-order chi connectivity index (χ1) is 8.41. The third-order valence-electron chi connectivity index (χ3n) is 2.72. The third kappa shape index (κ3) is 1.82. The van der Waals surface area contributed by atoms with Crippen LogP contribution in [-0.2, 0) is 24.0 Å². The van der Waals surface area contributed by atoms with E-state index in [4.69, 9.17) is 5.21 Å². The summed E-state index contributed by atoms with van der Waals surface area (Å²) < 4.78 is 0. The van der Waals surface area contributed by atoms with E-state index in [0.29, 0.717) is 4.90 Å². The average molecular weight is 252 g/mol. The second-order valence-corrected chi connectivity index (χ2v) is 3.86. The molecule has 0 aromatic heterocycles. The molecule has 2 rings (SSSR count). The summed E-state index contributed by atoms with van der Waals surface area (Å²) in [6.45, 7) is -0.581. The van der Waals surface area contributed by atoms with Crippen LogP contribution in [0.4, 0.5) is 0 Å². The SMILES string of the molecule is O=C(CN1C(=O)C=CC1=O)C1CC(=O)N(O)C1=O. The second kappa shape index (κ2) is 4.15. The predicted octanol–water partition coefficient (Wildman–Crippen LogP) is -1.76. The van der Waals surface area contributed by atoms with Gasteiger partial charge in [-0.25, -0.2) is 0 Å². The van der Waals surface area contributed by atoms with Gasteiger partial charge in [0.25, 0.3) is 23.6 Å². The summed E-state index contributed by atoms with van der Waals surface area (Å²) in [5, 5.41) is 8.86. The summed E-state index contributed by atoms with van der Waals surface area (Å²) in [4.78, 5) is 57.1. The van der Waals surface area contributed by atoms with Gasteiger partial charge >= 0.3 is 0 Å². The van der Waals surface area contributed by atoms with Crippen LogP contribution >= 0.6 is 0 Å². The number of ketones is 1. The van der Waals surface area contributed by atoms with Crippen molar-refractivity contribution >= 4 is 29.4 Å². The molecule has 18 heavy (non-hydrogen) atoms. The minimum atomic E-state index is -1.33. The van der Waals surface area contributed by atoms with Gasteiger partial charge < -0.3 is 0 Å². The Kier molecular flexibility index (Phi) is 2.79. The normalized spacial score (nSPS) is 23.5. The molecule has 94 valence electrons. The molecule has 2 heterocycles. The molecule has 1 N–H and O–H groups in total. The molecule has 4 amide bonds. The lowest BCUT2D eigenvalue weighted by atomic mass is 10.0. The number of nitrogens with zero attached hydrogens (tertiary/aromatic N) is 2. The molecule has 1 fully saturated rings. The van der Waals surface area contributed by atoms with E-state index in [-0.39, 0.29) is 5.06 Å². The minimum Gasteiger partial charge on any atom is -0.297 e. The molecule has 0 bridgehead atoms. The van der Waals surface area contributed by atoms with E-state index in [0.717, 1.165) is 12.2 Å². The summed E-state index contributed by atoms with van der Waals surface area (Å²) in [5.74, 6) is -5.29. The topological polar surface area (TPSA) is 112 Å². The number of Topliss-reactive ketones (excluding diaryl/α,β-unsaturated/α-hetero) is 1. The van der Waals surface area contributed by atoms with Crippen LogP contribution in [0.2, 0.25) is 0 Å². The first kappa shape index (κ1) is 12.1. The fourth-order valence-electron chi connectivity index (χ4n) is 1.72. The molecular weight excluding hydrogens is 244 g/mol. The monoisotopic (exact) mass is 252 g/mol. The molecule has 2 aliphatic rings. The van der Waals surface area contributed by atoms with Gasteiger partial charge in [0, 0.05) is 18.6 Å². The van der Waals surface area contributed by atoms with Gasteiger partial charge in [-0.3, -0.25) is 34.1 Å². The Bertz CT molecular complexity index is 490. The lowest BCUT2D eigenvalue weighted by Crippen LogP contribution is -2.39. The summed E-state index contributed by atoms with van der Waals surface area (Å²) >= 11 is 0. The first-order valence-corrected chi connectivity index (χ1v) is 5.03. The maximum atomic E-state index is 11.7. The molecule has 1 atom stereocenters. The van der Waals surface area contributed by atoms with Crippen LogP contribution in [0, 0.1) is 5.92 Å². The van der Waals surface area contributed by atoms with Crippen LogP contribution in [-0.4, -0.2) is 51.1 Å². The van der Waals surface area contributed by atoms with E-state index < -0.39 is 48.3 Å². The number of carbonyl (C=O) groups is 5. The van der Waals surface area contributed by atoms with Gasteiger partial charge in [-0.15, -0.1) is 0 Å². The number of amides is 4. The average Bonchev–Trinajstić information content (AvgIpc) is 2.77. The molecule has 0 radical (unpaired) electrons. The first-order valence-electron chi connectivity index (χ1n) is 5.03. The molecule has 0 spiro atoms. The van der Waals surface area contributed by atoms with Gasteiger partial charge in [-0.2, -0.15) is 5.06 Å². The quantitative estimate of drug-likeness (QED) is 0.362. The van der Waals surface area contributed by atoms with Crippen LogP contribution in [0.25, 0.3) is 0 Å². The minimum absolute atomic E-state index is 0.117. The zero-order valence-electron chi connectivity index (χ0n) is 9.03. The van der Waals surface area contributed by atoms with E-state index in [1.807, 2.05) is 0 Å². The fourth-order valence-corrected chi connectivity index (χ4v) is 1.72. The maximum Gasteiger partial charge on any atom is 0.264 e. The summed E-state index contributed by atoms with van der Waals surface area (Å²) in [6, 6.07) is 0. The van der Waals surface area contributed by atoms with Crippen molar-refractivity contribution in [2.75, 3.05) is 6.54 Å². The lowest BCUT2D eigenvalue weighted by Gasteiger charge is -2.14. The Labute approximate surface area is 100 Å². The van der Waals surface area contributed by atoms with E-state index >= 15 is 0 Å². The number of imide groups is 2. The molecule has 0 saturated carbocycles. The molecule has 0 aliphatic carbocycles. The van der Waals surface area contributed by atoms with Crippen LogP contribution < -0.4 is 0 Å². The van der Waals surface area contributed by atoms with Crippen molar-refractivity contribution in [3.63, 3.8) is 0 Å². The Balaban J connectivity index is 2.06. The van der Waals surface area contributed by atoms with Crippen molar-refractivity contribution in [3.8, 4) is 0 Å². The Morgan fingerprint density at radius 1 is 1.22 bits per heavy atom. The molecule has 8 nitrogen and oxygen atoms in total. The van der Waals surface area contributed by atoms with E-state index in [9.17, 15) is 24.0 Å². The standard InChI is InChI=1S/C10H8N2O6/c13-6(4-11-7(14)1-2-8(11)15)5-3-9(16)12(18)10(5)17/h1-2,5,18H,3-4H2. The highest BCUT2D eigenvalue weighted by Crippen LogP contribution is 2.19. The van der Waals surface area contributed by atoms with Crippen molar-refractivity contribution in [1.29, 1.82) is 0 Å². The zero-order valence-corrected chi connectivity index (χ0v) is 9.03. The van der Waals surface area contributed by atoms with Gasteiger partial charge in [-0.05, 0) is 0 Å². The highest BCUT2D eigenvalue weighted by molar-refractivity contribution is 6.18. The highest BCUT2D eigenvalue weighted by Gasteiger charge is 2.43. The number of carbonyl (C=O) groups excluding carboxylic acids is 5. The van der Waals surface area contributed by atoms with Gasteiger partial charge in [0.05, 0.1) is 6.54 Å². The van der Waals surface area contributed by atoms with Crippen molar-refractivity contribution in [2.24, 2.45) is 5.92 Å². The second-order valence-electron chi connectivity index (χ2n) is 3.86. The van der Waals surface area contributed by atoms with Crippen LogP contribution in [0.3, 0.4) is 0 Å². The molecule has 1 saturated heterocycles. The largest absolute Gasteiger partial charge is 0.297 e. The van der Waals surface area contributed by atoms with E-state index in [1.54, 1.807) is 0 Å². The van der Waals surface area contributed by atoms with Crippen molar-refractivity contribution < 1.29 is 29.2 Å². The maximum absolute atomic E-state index is 11.7. The van der Waals surface area contributed by atoms with Crippen LogP contribution in [0.5, 0.6) is 0 Å². The number of hydrogen-bond acceptors (Lipinski definition) is 6. The molecule has 2 aliphatic heterocycles. The number of rotatable bonds is 3. The lowest BCUT2D eigenvalue weighted by molar-refractivity contribution is -0.172. The van der Waals surface area contributed by atoms with Crippen molar-refractivity contribution in [3.05, 3.63) is 12.2 Å². The smallest absolute Gasteiger partial charge is 0.264 e. The Morgan fingerprint density at radius 2 is 1.78 bits per heavy atom. The molecule has 0 aromatic rings. The van der Waals surface area contributed by atoms with Crippen LogP contribution in [0.1, 0.15) is 6.42 Å². The van der Waals surface area contributed by atoms with Gasteiger partial charge in [-0.1, -0.05) is 0 Å². The predicted molar refractivity (Wildman–Crippen MR) is 52.6 cm³/mol. The van der Waals surface area contributed by atoms with Gasteiger partial charge in [0.15, 0.2) is 5.78 Å². The Morgan fingerprint density at radius 3 is 2.22 bits per heavy atom. The van der Waals surface area contributed by atoms with Crippen molar-refractivity contribution in [1.82, 2.24) is 9.96 Å². The highest BCUT2D eigenvalue weighted by atomic mass is 16.5. The van der Waals surface area contributed by atoms with Crippen molar-refractivity contribution in [2.45, 2.75) is 6.42 Å². The zero-order chi connectivity index (χ0) is 13.4. The van der Waals surface area contributed by atoms with Crippen LogP contribution in [0.15, 0.2) is 12.2 Å². The molecule has 1 unspecified atom stereocenters. The summed E-state index contributed by atoms with van der Waals surface area (Å²) in [7, 11) is 0. The third-order valence-corrected chi connectivity index (χ3v) is 2.72. The molecule has 0 aromatic carbocycles. The Hall–Kier alpha value is -2.35. The van der Waals surface area contributed by atoms with Gasteiger partial charge in [0.2, 0.25) is 0 Å². The summed E-state index contributed by atoms with van der Waals surface area (Å²) in [5.41, 5.74) is 0. The molecular formula is C10H8N2O6. The van der Waals surface area contributed by atoms with E-state index in [1.165, 1.54) is 0 Å². The number of hydroxylamine groups is 2. The van der Waals surface area contributed by atoms with Gasteiger partial charge in [0.1, 0.15) is 5.92 Å².